The fraction of sp³-hybridized carbons (Fsp3) is 0.182. The Kier molecular flexibility index (Phi) is 6.24. The van der Waals surface area contributed by atoms with Crippen molar-refractivity contribution in [1.82, 2.24) is 19.2 Å². The minimum absolute atomic E-state index is 0.198. The molecule has 0 aliphatic heterocycles. The molecule has 0 unspecified atom stereocenters. The Hall–Kier alpha value is -2.91. The van der Waals surface area contributed by atoms with Crippen LogP contribution in [-0.2, 0) is 17.8 Å². The van der Waals surface area contributed by atoms with Crippen molar-refractivity contribution in [3.8, 4) is 0 Å². The van der Waals surface area contributed by atoms with Crippen LogP contribution in [0.1, 0.15) is 18.1 Å². The lowest BCUT2D eigenvalue weighted by molar-refractivity contribution is -0.117. The van der Waals surface area contributed by atoms with Gasteiger partial charge in [-0.15, -0.1) is 5.10 Å². The molecule has 0 atom stereocenters. The van der Waals surface area contributed by atoms with Crippen LogP contribution in [0.15, 0.2) is 74.0 Å². The molecule has 0 saturated heterocycles. The number of hydrogen-bond acceptors (Lipinski definition) is 5. The number of fused-ring (bicyclic) bond motifs is 1. The predicted octanol–water partition coefficient (Wildman–Crippen LogP) is 4.31. The van der Waals surface area contributed by atoms with Gasteiger partial charge in [-0.1, -0.05) is 43.0 Å². The second-order valence-electron chi connectivity index (χ2n) is 6.96. The van der Waals surface area contributed by atoms with Crippen LogP contribution in [0.3, 0.4) is 0 Å². The largest absolute Gasteiger partial charge is 0.350 e. The van der Waals surface area contributed by atoms with E-state index in [4.69, 9.17) is 0 Å². The van der Waals surface area contributed by atoms with Crippen LogP contribution in [0.25, 0.3) is 5.65 Å². The van der Waals surface area contributed by atoms with E-state index in [9.17, 15) is 9.59 Å². The third-order valence-corrected chi connectivity index (χ3v) is 6.48. The van der Waals surface area contributed by atoms with Gasteiger partial charge in [0.25, 0.3) is 0 Å². The maximum atomic E-state index is 12.8. The Bertz CT molecular complexity index is 1330. The summed E-state index contributed by atoms with van der Waals surface area (Å²) < 4.78 is 3.35. The van der Waals surface area contributed by atoms with Gasteiger partial charge in [0.1, 0.15) is 11.6 Å². The first-order valence-electron chi connectivity index (χ1n) is 9.72. The van der Waals surface area contributed by atoms with Crippen LogP contribution in [0.4, 0.5) is 5.69 Å². The molecule has 0 spiro atoms. The summed E-state index contributed by atoms with van der Waals surface area (Å²) >= 11 is 4.90. The van der Waals surface area contributed by atoms with E-state index in [0.717, 1.165) is 26.0 Å². The van der Waals surface area contributed by atoms with E-state index >= 15 is 0 Å². The zero-order valence-corrected chi connectivity index (χ0v) is 19.4. The summed E-state index contributed by atoms with van der Waals surface area (Å²) in [6, 6.07) is 13.7. The van der Waals surface area contributed by atoms with Crippen LogP contribution in [-0.4, -0.2) is 25.1 Å². The fourth-order valence-electron chi connectivity index (χ4n) is 3.15. The quantitative estimate of drug-likeness (QED) is 0.429. The van der Waals surface area contributed by atoms with Gasteiger partial charge in [-0.05, 0) is 58.6 Å². The molecule has 1 amide bonds. The summed E-state index contributed by atoms with van der Waals surface area (Å²) in [5.41, 5.74) is 2.94. The van der Waals surface area contributed by atoms with Crippen molar-refractivity contribution in [3.05, 3.63) is 80.9 Å². The van der Waals surface area contributed by atoms with E-state index in [0.29, 0.717) is 16.4 Å². The second-order valence-corrected chi connectivity index (χ2v) is 8.85. The number of carbonyl (C=O) groups excluding carboxylic acids is 1. The number of amides is 1. The van der Waals surface area contributed by atoms with Gasteiger partial charge in [-0.2, -0.15) is 0 Å². The SMILES string of the molecule is CCc1ccccc1Sc1nccn2c(=O)n(CC(=O)Nc3ccc(C)cc3Br)nc12. The number of aromatic nitrogens is 4. The normalized spacial score (nSPS) is 11.1. The third kappa shape index (κ3) is 4.57. The van der Waals surface area contributed by atoms with Crippen molar-refractivity contribution < 1.29 is 4.79 Å². The zero-order chi connectivity index (χ0) is 22.0. The first kappa shape index (κ1) is 21.3. The van der Waals surface area contributed by atoms with Crippen molar-refractivity contribution in [2.45, 2.75) is 36.7 Å². The van der Waals surface area contributed by atoms with Gasteiger partial charge < -0.3 is 5.32 Å². The lowest BCUT2D eigenvalue weighted by atomic mass is 10.2. The smallest absolute Gasteiger partial charge is 0.323 e. The number of hydrogen-bond donors (Lipinski definition) is 1. The molecule has 0 aliphatic rings. The first-order chi connectivity index (χ1) is 15.0. The molecule has 0 radical (unpaired) electrons. The van der Waals surface area contributed by atoms with Gasteiger partial charge >= 0.3 is 5.69 Å². The topological polar surface area (TPSA) is 81.3 Å². The van der Waals surface area contributed by atoms with Gasteiger partial charge in [0.05, 0.1) is 5.69 Å². The molecule has 158 valence electrons. The van der Waals surface area contributed by atoms with Gasteiger partial charge in [-0.25, -0.2) is 18.9 Å². The number of nitrogens with zero attached hydrogens (tertiary/aromatic N) is 4. The molecule has 2 heterocycles. The number of rotatable bonds is 6. The lowest BCUT2D eigenvalue weighted by Crippen LogP contribution is -2.28. The van der Waals surface area contributed by atoms with Crippen LogP contribution < -0.4 is 11.0 Å². The zero-order valence-electron chi connectivity index (χ0n) is 17.0. The summed E-state index contributed by atoms with van der Waals surface area (Å²) in [6.45, 7) is 3.86. The van der Waals surface area contributed by atoms with Gasteiger partial charge in [0.2, 0.25) is 5.91 Å². The van der Waals surface area contributed by atoms with Crippen molar-refractivity contribution in [2.75, 3.05) is 5.32 Å². The number of anilines is 1. The maximum Gasteiger partial charge on any atom is 0.350 e. The van der Waals surface area contributed by atoms with E-state index in [1.165, 1.54) is 21.7 Å². The molecule has 31 heavy (non-hydrogen) atoms. The van der Waals surface area contributed by atoms with Crippen LogP contribution in [0.5, 0.6) is 0 Å². The average Bonchev–Trinajstić information content (AvgIpc) is 3.07. The molecule has 0 fully saturated rings. The maximum absolute atomic E-state index is 12.8. The summed E-state index contributed by atoms with van der Waals surface area (Å²) in [7, 11) is 0. The molecule has 0 bridgehead atoms. The van der Waals surface area contributed by atoms with Gasteiger partial charge in [0, 0.05) is 21.8 Å². The van der Waals surface area contributed by atoms with Gasteiger partial charge in [0.15, 0.2) is 5.65 Å². The Labute approximate surface area is 191 Å². The van der Waals surface area contributed by atoms with Crippen LogP contribution in [0.2, 0.25) is 0 Å². The van der Waals surface area contributed by atoms with E-state index in [1.54, 1.807) is 12.4 Å². The number of nitrogens with one attached hydrogen (secondary N) is 1. The predicted molar refractivity (Wildman–Crippen MR) is 125 cm³/mol. The Morgan fingerprint density at radius 2 is 2.03 bits per heavy atom. The molecule has 1 N–H and O–H groups in total. The highest BCUT2D eigenvalue weighted by Gasteiger charge is 2.16. The van der Waals surface area contributed by atoms with Crippen molar-refractivity contribution in [3.63, 3.8) is 0 Å². The number of aryl methyl sites for hydroxylation is 2. The van der Waals surface area contributed by atoms with Crippen molar-refractivity contribution in [2.24, 2.45) is 0 Å². The highest BCUT2D eigenvalue weighted by atomic mass is 79.9. The molecule has 2 aromatic carbocycles. The molecule has 9 heteroatoms. The summed E-state index contributed by atoms with van der Waals surface area (Å²) in [6.07, 6.45) is 4.02. The molecule has 4 aromatic rings. The summed E-state index contributed by atoms with van der Waals surface area (Å²) in [5, 5.41) is 7.82. The van der Waals surface area contributed by atoms with Crippen molar-refractivity contribution in [1.29, 1.82) is 0 Å². The van der Waals surface area contributed by atoms with E-state index in [1.807, 2.05) is 43.3 Å². The monoisotopic (exact) mass is 497 g/mol. The lowest BCUT2D eigenvalue weighted by Gasteiger charge is -2.07. The van der Waals surface area contributed by atoms with Crippen LogP contribution in [0, 0.1) is 6.92 Å². The molecule has 2 aromatic heterocycles. The molecular weight excluding hydrogens is 478 g/mol. The third-order valence-electron chi connectivity index (χ3n) is 4.72. The Morgan fingerprint density at radius 3 is 2.81 bits per heavy atom. The Morgan fingerprint density at radius 1 is 1.23 bits per heavy atom. The van der Waals surface area contributed by atoms with E-state index < -0.39 is 0 Å². The van der Waals surface area contributed by atoms with Gasteiger partial charge in [-0.3, -0.25) is 4.79 Å². The molecule has 0 aliphatic carbocycles. The number of carbonyl (C=O) groups is 1. The van der Waals surface area contributed by atoms with E-state index in [-0.39, 0.29) is 18.1 Å². The number of benzene rings is 2. The summed E-state index contributed by atoms with van der Waals surface area (Å²) in [4.78, 5) is 30.8. The van der Waals surface area contributed by atoms with Crippen molar-refractivity contribution >= 4 is 44.9 Å². The molecule has 0 saturated carbocycles. The van der Waals surface area contributed by atoms with E-state index in [2.05, 4.69) is 44.3 Å². The Balaban J connectivity index is 1.61. The minimum atomic E-state index is -0.388. The standard InChI is InChI=1S/C22H20BrN5O2S/c1-3-15-6-4-5-7-18(15)31-21-20-26-28(22(30)27(20)11-10-24-21)13-19(29)25-17-9-8-14(2)12-16(17)23/h4-12H,3,13H2,1-2H3,(H,25,29). The average molecular weight is 498 g/mol. The summed E-state index contributed by atoms with van der Waals surface area (Å²) in [5.74, 6) is -0.339. The van der Waals surface area contributed by atoms with Crippen LogP contribution >= 0.6 is 27.7 Å². The minimum Gasteiger partial charge on any atom is -0.323 e. The second kappa shape index (κ2) is 9.07. The molecule has 4 rings (SSSR count). The highest BCUT2D eigenvalue weighted by Crippen LogP contribution is 2.31. The fourth-order valence-corrected chi connectivity index (χ4v) is 4.78. The molecular formula is C22H20BrN5O2S. The highest BCUT2D eigenvalue weighted by molar-refractivity contribution is 9.10. The molecule has 7 nitrogen and oxygen atoms in total. The number of halogens is 1. The first-order valence-corrected chi connectivity index (χ1v) is 11.3.